The molecule has 2 N–H and O–H groups in total. The van der Waals surface area contributed by atoms with Crippen molar-refractivity contribution in [3.05, 3.63) is 33.8 Å². The molecule has 0 heterocycles. The van der Waals surface area contributed by atoms with Crippen molar-refractivity contribution in [1.82, 2.24) is 0 Å². The summed E-state index contributed by atoms with van der Waals surface area (Å²) in [5.41, 5.74) is 6.56. The van der Waals surface area contributed by atoms with Crippen molar-refractivity contribution < 1.29 is 0 Å². The molecule has 0 spiro atoms. The summed E-state index contributed by atoms with van der Waals surface area (Å²) >= 11 is 11.6. The van der Waals surface area contributed by atoms with E-state index in [1.165, 1.54) is 6.42 Å². The molecule has 0 aromatic heterocycles. The van der Waals surface area contributed by atoms with Crippen LogP contribution in [0.15, 0.2) is 18.2 Å². The van der Waals surface area contributed by atoms with E-state index in [0.29, 0.717) is 10.0 Å². The standard InChI is InChI=1S/C8H9Cl2N.C3H8/c1-5(11)7-3-2-6(9)4-8(7)10;1-3-2/h2-5H,11H2,1H3;3H2,1-2H3. The number of benzene rings is 1. The second kappa shape index (κ2) is 7.10. The van der Waals surface area contributed by atoms with Crippen LogP contribution in [-0.4, -0.2) is 0 Å². The molecular formula is C11H17Cl2N. The molecule has 0 saturated heterocycles. The minimum atomic E-state index is -0.0419. The van der Waals surface area contributed by atoms with Crippen LogP contribution in [-0.2, 0) is 0 Å². The summed E-state index contributed by atoms with van der Waals surface area (Å²) in [6, 6.07) is 5.28. The second-order valence-electron chi connectivity index (χ2n) is 3.16. The number of hydrogen-bond donors (Lipinski definition) is 1. The maximum atomic E-state index is 5.86. The van der Waals surface area contributed by atoms with Gasteiger partial charge in [-0.25, -0.2) is 0 Å². The van der Waals surface area contributed by atoms with Crippen molar-refractivity contribution in [3.63, 3.8) is 0 Å². The highest BCUT2D eigenvalue weighted by molar-refractivity contribution is 6.35. The molecule has 1 aromatic carbocycles. The predicted molar refractivity (Wildman–Crippen MR) is 65.0 cm³/mol. The smallest absolute Gasteiger partial charge is 0.0468 e. The summed E-state index contributed by atoms with van der Waals surface area (Å²) in [5, 5.41) is 1.27. The van der Waals surface area contributed by atoms with Gasteiger partial charge in [-0.1, -0.05) is 49.5 Å². The van der Waals surface area contributed by atoms with Crippen molar-refractivity contribution in [2.24, 2.45) is 5.73 Å². The van der Waals surface area contributed by atoms with Gasteiger partial charge >= 0.3 is 0 Å². The molecule has 1 atom stereocenters. The Labute approximate surface area is 96.2 Å². The number of nitrogens with two attached hydrogens (primary N) is 1. The third-order valence-corrected chi connectivity index (χ3v) is 2.02. The van der Waals surface area contributed by atoms with Gasteiger partial charge in [-0.2, -0.15) is 0 Å². The van der Waals surface area contributed by atoms with Gasteiger partial charge in [0, 0.05) is 16.1 Å². The molecule has 0 fully saturated rings. The molecule has 1 unspecified atom stereocenters. The molecular weight excluding hydrogens is 217 g/mol. The molecule has 0 radical (unpaired) electrons. The highest BCUT2D eigenvalue weighted by Gasteiger charge is 2.04. The van der Waals surface area contributed by atoms with Crippen molar-refractivity contribution >= 4 is 23.2 Å². The van der Waals surface area contributed by atoms with Crippen LogP contribution in [0.4, 0.5) is 0 Å². The molecule has 1 aromatic rings. The van der Waals surface area contributed by atoms with E-state index in [4.69, 9.17) is 28.9 Å². The first kappa shape index (κ1) is 13.8. The predicted octanol–water partition coefficient (Wildman–Crippen LogP) is 4.43. The van der Waals surface area contributed by atoms with Crippen molar-refractivity contribution in [1.29, 1.82) is 0 Å². The average Bonchev–Trinajstić information content (AvgIpc) is 2.04. The third kappa shape index (κ3) is 4.85. The highest BCUT2D eigenvalue weighted by Crippen LogP contribution is 2.24. The normalized spacial score (nSPS) is 11.6. The van der Waals surface area contributed by atoms with E-state index < -0.39 is 0 Å². The van der Waals surface area contributed by atoms with E-state index in [0.717, 1.165) is 5.56 Å². The number of rotatable bonds is 1. The monoisotopic (exact) mass is 233 g/mol. The SMILES string of the molecule is CC(N)c1ccc(Cl)cc1Cl.CCC. The molecule has 0 aliphatic carbocycles. The lowest BCUT2D eigenvalue weighted by atomic mass is 10.1. The van der Waals surface area contributed by atoms with Gasteiger partial charge in [-0.15, -0.1) is 0 Å². The molecule has 0 aliphatic rings. The first-order valence-electron chi connectivity index (χ1n) is 4.73. The van der Waals surface area contributed by atoms with E-state index >= 15 is 0 Å². The quantitative estimate of drug-likeness (QED) is 0.764. The molecule has 14 heavy (non-hydrogen) atoms. The highest BCUT2D eigenvalue weighted by atomic mass is 35.5. The summed E-state index contributed by atoms with van der Waals surface area (Å²) < 4.78 is 0. The van der Waals surface area contributed by atoms with Gasteiger partial charge in [0.05, 0.1) is 0 Å². The molecule has 1 nitrogen and oxygen atoms in total. The van der Waals surface area contributed by atoms with E-state index in [-0.39, 0.29) is 6.04 Å². The summed E-state index contributed by atoms with van der Waals surface area (Å²) in [6.07, 6.45) is 1.25. The number of halogens is 2. The van der Waals surface area contributed by atoms with Crippen molar-refractivity contribution in [2.75, 3.05) is 0 Å². The summed E-state index contributed by atoms with van der Waals surface area (Å²) in [5.74, 6) is 0. The van der Waals surface area contributed by atoms with Crippen LogP contribution in [0, 0.1) is 0 Å². The van der Waals surface area contributed by atoms with Gasteiger partial charge in [-0.3, -0.25) is 0 Å². The van der Waals surface area contributed by atoms with Gasteiger partial charge < -0.3 is 5.73 Å². The molecule has 0 bridgehead atoms. The zero-order valence-corrected chi connectivity index (χ0v) is 10.4. The minimum Gasteiger partial charge on any atom is -0.324 e. The average molecular weight is 234 g/mol. The van der Waals surface area contributed by atoms with Crippen molar-refractivity contribution in [3.8, 4) is 0 Å². The topological polar surface area (TPSA) is 26.0 Å². The Balaban J connectivity index is 0.000000500. The first-order valence-corrected chi connectivity index (χ1v) is 5.49. The Morgan fingerprint density at radius 3 is 2.14 bits per heavy atom. The molecule has 0 saturated carbocycles. The van der Waals surface area contributed by atoms with E-state index in [2.05, 4.69) is 13.8 Å². The largest absolute Gasteiger partial charge is 0.324 e. The Morgan fingerprint density at radius 1 is 1.29 bits per heavy atom. The van der Waals surface area contributed by atoms with Crippen LogP contribution >= 0.6 is 23.2 Å². The van der Waals surface area contributed by atoms with Gasteiger partial charge in [0.15, 0.2) is 0 Å². The lowest BCUT2D eigenvalue weighted by molar-refractivity contribution is 0.818. The fourth-order valence-electron chi connectivity index (χ4n) is 0.871. The van der Waals surface area contributed by atoms with Crippen LogP contribution in [0.3, 0.4) is 0 Å². The second-order valence-corrected chi connectivity index (χ2v) is 4.01. The van der Waals surface area contributed by atoms with Crippen molar-refractivity contribution in [2.45, 2.75) is 33.2 Å². The van der Waals surface area contributed by atoms with Gasteiger partial charge in [0.2, 0.25) is 0 Å². The molecule has 0 aliphatic heterocycles. The molecule has 3 heteroatoms. The van der Waals surface area contributed by atoms with Crippen LogP contribution in [0.5, 0.6) is 0 Å². The summed E-state index contributed by atoms with van der Waals surface area (Å²) in [4.78, 5) is 0. The molecule has 1 rings (SSSR count). The number of hydrogen-bond acceptors (Lipinski definition) is 1. The summed E-state index contributed by atoms with van der Waals surface area (Å²) in [6.45, 7) is 6.13. The Morgan fingerprint density at radius 2 is 1.79 bits per heavy atom. The maximum absolute atomic E-state index is 5.86. The first-order chi connectivity index (χ1) is 6.52. The van der Waals surface area contributed by atoms with Gasteiger partial charge in [0.1, 0.15) is 0 Å². The Kier molecular flexibility index (Phi) is 6.98. The lowest BCUT2D eigenvalue weighted by Crippen LogP contribution is -2.05. The Hall–Kier alpha value is -0.240. The third-order valence-electron chi connectivity index (χ3n) is 1.45. The minimum absolute atomic E-state index is 0.0419. The van der Waals surface area contributed by atoms with Gasteiger partial charge in [0.25, 0.3) is 0 Å². The van der Waals surface area contributed by atoms with Crippen LogP contribution < -0.4 is 5.73 Å². The van der Waals surface area contributed by atoms with Gasteiger partial charge in [-0.05, 0) is 24.6 Å². The van der Waals surface area contributed by atoms with Crippen LogP contribution in [0.25, 0.3) is 0 Å². The fraction of sp³-hybridized carbons (Fsp3) is 0.455. The zero-order chi connectivity index (χ0) is 11.1. The van der Waals surface area contributed by atoms with E-state index in [1.54, 1.807) is 12.1 Å². The van der Waals surface area contributed by atoms with E-state index in [1.807, 2.05) is 13.0 Å². The van der Waals surface area contributed by atoms with Crippen LogP contribution in [0.2, 0.25) is 10.0 Å². The maximum Gasteiger partial charge on any atom is 0.0468 e. The molecule has 0 amide bonds. The summed E-state index contributed by atoms with van der Waals surface area (Å²) in [7, 11) is 0. The Bertz CT molecular complexity index is 272. The van der Waals surface area contributed by atoms with Crippen LogP contribution in [0.1, 0.15) is 38.8 Å². The zero-order valence-electron chi connectivity index (χ0n) is 8.85. The molecule has 80 valence electrons. The fourth-order valence-corrected chi connectivity index (χ4v) is 1.45. The van der Waals surface area contributed by atoms with E-state index in [9.17, 15) is 0 Å². The lowest BCUT2D eigenvalue weighted by Gasteiger charge is -2.07.